The predicted octanol–water partition coefficient (Wildman–Crippen LogP) is -2.90. The Labute approximate surface area is 270 Å². The summed E-state index contributed by atoms with van der Waals surface area (Å²) >= 11 is 0.921. The number of carboxylic acids is 1. The molecule has 0 spiro atoms. The van der Waals surface area contributed by atoms with Crippen molar-refractivity contribution >= 4 is 56.1 Å². The highest BCUT2D eigenvalue weighted by Gasteiger charge is 2.54. The lowest BCUT2D eigenvalue weighted by atomic mass is 9.98. The minimum Gasteiger partial charge on any atom is -0.489 e. The number of aromatic nitrogens is 4. The highest BCUT2D eigenvalue weighted by Crippen LogP contribution is 2.25. The van der Waals surface area contributed by atoms with Gasteiger partial charge in [0, 0.05) is 30.6 Å². The average molecular weight is 695 g/mol. The standard InChI is InChI=1S/C24H30N12O9S2/c25-5-6-29-20(27)12-1-3-14(4-2-12)44-10-17(23(39)40)45-34-18(15-11-46-24(28)31-15)21(37)32-19-16(36(22(19)38)47(41,42)43)9-35-30-8-13(7-26)33-35/h1-4,8,11,16-17,19H,5-7,9-10,25-26H2,(H2,27,29)(H2,28,31)(H,32,37)(H,39,40)(H,41,42,43)/t16-,17-,19-/m0/s1. The molecule has 0 saturated carbocycles. The molecule has 252 valence electrons. The number of amides is 2. The van der Waals surface area contributed by atoms with E-state index in [9.17, 15) is 32.5 Å². The van der Waals surface area contributed by atoms with Gasteiger partial charge < -0.3 is 42.5 Å². The molecule has 11 N–H and O–H groups in total. The van der Waals surface area contributed by atoms with Gasteiger partial charge in [-0.1, -0.05) is 5.16 Å². The summed E-state index contributed by atoms with van der Waals surface area (Å²) in [7, 11) is -5.03. The SMILES string of the molecule is N=C(NCCN)c1ccc(OC[C@H](ON=C(C(=O)N[C@@H]2C(=O)N(S(=O)(=O)O)[C@H]2Cn2ncc(CN)n2)c2csc(N)n2)C(=O)O)cc1. The van der Waals surface area contributed by atoms with Gasteiger partial charge in [-0.25, -0.2) is 14.1 Å². The third kappa shape index (κ3) is 8.53. The lowest BCUT2D eigenvalue weighted by Crippen LogP contribution is -2.73. The summed E-state index contributed by atoms with van der Waals surface area (Å²) in [4.78, 5) is 48.2. The van der Waals surface area contributed by atoms with E-state index in [1.165, 1.54) is 23.7 Å². The van der Waals surface area contributed by atoms with Crippen molar-refractivity contribution in [3.05, 3.63) is 52.8 Å². The molecule has 0 bridgehead atoms. The molecule has 1 fully saturated rings. The molecule has 0 aliphatic carbocycles. The van der Waals surface area contributed by atoms with E-state index >= 15 is 0 Å². The maximum Gasteiger partial charge on any atom is 0.362 e. The number of ether oxygens (including phenoxy) is 1. The monoisotopic (exact) mass is 694 g/mol. The second-order valence-electron chi connectivity index (χ2n) is 9.59. The molecule has 4 rings (SSSR count). The number of hydrogen-bond acceptors (Lipinski definition) is 16. The smallest absolute Gasteiger partial charge is 0.362 e. The number of nitrogens with zero attached hydrogens (tertiary/aromatic N) is 6. The summed E-state index contributed by atoms with van der Waals surface area (Å²) in [6, 6.07) is 3.27. The van der Waals surface area contributed by atoms with E-state index in [1.807, 2.05) is 0 Å². The molecule has 47 heavy (non-hydrogen) atoms. The van der Waals surface area contributed by atoms with Crippen LogP contribution in [0.3, 0.4) is 0 Å². The van der Waals surface area contributed by atoms with Crippen LogP contribution < -0.4 is 32.6 Å². The molecule has 3 aromatic rings. The fourth-order valence-corrected chi connectivity index (χ4v) is 5.50. The molecule has 1 saturated heterocycles. The molecule has 1 aliphatic rings. The fourth-order valence-electron chi connectivity index (χ4n) is 4.09. The first-order chi connectivity index (χ1) is 22.3. The van der Waals surface area contributed by atoms with Crippen LogP contribution in [0.4, 0.5) is 5.13 Å². The number of nitrogens with one attached hydrogen (secondary N) is 3. The average Bonchev–Trinajstić information content (AvgIpc) is 3.68. The lowest BCUT2D eigenvalue weighted by molar-refractivity contribution is -0.152. The zero-order chi connectivity index (χ0) is 34.3. The van der Waals surface area contributed by atoms with Gasteiger partial charge in [0.2, 0.25) is 0 Å². The largest absolute Gasteiger partial charge is 0.489 e. The summed E-state index contributed by atoms with van der Waals surface area (Å²) in [6.45, 7) is -0.164. The van der Waals surface area contributed by atoms with E-state index in [1.54, 1.807) is 12.1 Å². The number of nitrogen functional groups attached to an aromatic ring is 1. The summed E-state index contributed by atoms with van der Waals surface area (Å²) in [6.07, 6.45) is -0.430. The third-order valence-corrected chi connectivity index (χ3v) is 7.99. The quantitative estimate of drug-likeness (QED) is 0.0245. The van der Waals surface area contributed by atoms with Gasteiger partial charge in [-0.2, -0.15) is 23.4 Å². The van der Waals surface area contributed by atoms with Crippen molar-refractivity contribution in [2.75, 3.05) is 25.4 Å². The van der Waals surface area contributed by atoms with E-state index < -0.39 is 58.6 Å². The predicted molar refractivity (Wildman–Crippen MR) is 163 cm³/mol. The van der Waals surface area contributed by atoms with Crippen LogP contribution >= 0.6 is 11.3 Å². The lowest BCUT2D eigenvalue weighted by Gasteiger charge is -2.43. The van der Waals surface area contributed by atoms with Gasteiger partial charge in [0.25, 0.3) is 17.9 Å². The van der Waals surface area contributed by atoms with Crippen molar-refractivity contribution in [3.8, 4) is 5.75 Å². The normalized spacial score (nSPS) is 17.0. The summed E-state index contributed by atoms with van der Waals surface area (Å²) < 4.78 is 39.0. The molecule has 23 heteroatoms. The molecule has 0 unspecified atom stereocenters. The van der Waals surface area contributed by atoms with Crippen molar-refractivity contribution in [2.45, 2.75) is 31.3 Å². The molecule has 1 aliphatic heterocycles. The highest BCUT2D eigenvalue weighted by atomic mass is 32.2. The number of carboxylic acid groups (broad SMARTS) is 1. The zero-order valence-electron chi connectivity index (χ0n) is 24.2. The third-order valence-electron chi connectivity index (χ3n) is 6.36. The first-order valence-electron chi connectivity index (χ1n) is 13.5. The molecule has 0 radical (unpaired) electrons. The number of amidine groups is 1. The molecule has 1 aromatic carbocycles. The number of carbonyl (C=O) groups is 3. The number of hydrogen-bond donors (Lipinski definition) is 8. The fraction of sp³-hybridized carbons (Fsp3) is 0.333. The Morgan fingerprint density at radius 3 is 2.53 bits per heavy atom. The van der Waals surface area contributed by atoms with Gasteiger partial charge in [0.1, 0.15) is 36.0 Å². The number of rotatable bonds is 16. The minimum absolute atomic E-state index is 0.0176. The zero-order valence-corrected chi connectivity index (χ0v) is 25.8. The van der Waals surface area contributed by atoms with Gasteiger partial charge in [0.15, 0.2) is 10.8 Å². The number of aliphatic carboxylic acids is 1. The second kappa shape index (κ2) is 14.9. The number of benzene rings is 1. The highest BCUT2D eigenvalue weighted by molar-refractivity contribution is 7.84. The molecule has 2 amide bonds. The van der Waals surface area contributed by atoms with Crippen molar-refractivity contribution < 1.29 is 42.0 Å². The molecular formula is C24H30N12O9S2. The molecule has 2 aromatic heterocycles. The van der Waals surface area contributed by atoms with Gasteiger partial charge in [0.05, 0.1) is 18.4 Å². The van der Waals surface area contributed by atoms with Crippen LogP contribution in [0.1, 0.15) is 17.0 Å². The summed E-state index contributed by atoms with van der Waals surface area (Å²) in [5.74, 6) is -3.42. The van der Waals surface area contributed by atoms with Crippen LogP contribution in [0.25, 0.3) is 0 Å². The van der Waals surface area contributed by atoms with E-state index in [4.69, 9.17) is 32.2 Å². The van der Waals surface area contributed by atoms with Crippen LogP contribution in [-0.4, -0.2) is 110 Å². The number of oxime groups is 1. The van der Waals surface area contributed by atoms with Gasteiger partial charge in [-0.3, -0.25) is 19.6 Å². The van der Waals surface area contributed by atoms with Crippen LogP contribution in [0.5, 0.6) is 5.75 Å². The number of β-lactam (4-membered cyclic amide) rings is 1. The second-order valence-corrected chi connectivity index (χ2v) is 11.8. The summed E-state index contributed by atoms with van der Waals surface area (Å²) in [5.41, 5.74) is 16.8. The maximum absolute atomic E-state index is 13.4. The van der Waals surface area contributed by atoms with Crippen molar-refractivity contribution in [2.24, 2.45) is 16.6 Å². The maximum atomic E-state index is 13.4. The van der Waals surface area contributed by atoms with Crippen molar-refractivity contribution in [1.29, 1.82) is 5.41 Å². The van der Waals surface area contributed by atoms with Crippen molar-refractivity contribution in [1.82, 2.24) is 34.9 Å². The Hall–Kier alpha value is -5.23. The molecule has 21 nitrogen and oxygen atoms in total. The first kappa shape index (κ1) is 34.6. The number of thiazole rings is 1. The Kier molecular flexibility index (Phi) is 11.0. The van der Waals surface area contributed by atoms with E-state index in [-0.39, 0.29) is 39.8 Å². The Morgan fingerprint density at radius 2 is 1.96 bits per heavy atom. The number of anilines is 1. The molecule has 3 heterocycles. The van der Waals surface area contributed by atoms with Gasteiger partial charge >= 0.3 is 16.3 Å². The first-order valence-corrected chi connectivity index (χ1v) is 15.7. The topological polar surface area (TPSA) is 329 Å². The van der Waals surface area contributed by atoms with Crippen molar-refractivity contribution in [3.63, 3.8) is 0 Å². The van der Waals surface area contributed by atoms with Gasteiger partial charge in [-0.05, 0) is 24.3 Å². The van der Waals surface area contributed by atoms with Crippen LogP contribution in [0, 0.1) is 5.41 Å². The van der Waals surface area contributed by atoms with E-state index in [2.05, 4.69) is 31.0 Å². The Morgan fingerprint density at radius 1 is 1.23 bits per heavy atom. The van der Waals surface area contributed by atoms with Crippen LogP contribution in [0.2, 0.25) is 0 Å². The Balaban J connectivity index is 1.50. The van der Waals surface area contributed by atoms with Gasteiger partial charge in [-0.15, -0.1) is 11.3 Å². The number of carbonyl (C=O) groups excluding carboxylic acids is 2. The molecular weight excluding hydrogens is 664 g/mol. The van der Waals surface area contributed by atoms with E-state index in [0.29, 0.717) is 24.3 Å². The Bertz CT molecular complexity index is 1760. The summed E-state index contributed by atoms with van der Waals surface area (Å²) in [5, 5.41) is 35.8. The molecule has 3 atom stereocenters. The minimum atomic E-state index is -5.03. The van der Waals surface area contributed by atoms with Crippen LogP contribution in [0.15, 0.2) is 41.0 Å². The number of nitrogens with two attached hydrogens (primary N) is 3. The van der Waals surface area contributed by atoms with Crippen LogP contribution in [-0.2, 0) is 42.6 Å². The van der Waals surface area contributed by atoms with E-state index in [0.717, 1.165) is 16.1 Å².